The van der Waals surface area contributed by atoms with Crippen molar-refractivity contribution in [2.24, 2.45) is 5.73 Å². The Morgan fingerprint density at radius 1 is 1.10 bits per heavy atom. The molecule has 0 aliphatic rings. The molecule has 2 unspecified atom stereocenters. The summed E-state index contributed by atoms with van der Waals surface area (Å²) in [5.41, 5.74) is 10.8. The van der Waals surface area contributed by atoms with Gasteiger partial charge in [-0.1, -0.05) is 48.2 Å². The molecule has 3 rings (SSSR count). The second-order valence-electron chi connectivity index (χ2n) is 5.31. The van der Waals surface area contributed by atoms with Gasteiger partial charge in [-0.3, -0.25) is 0 Å². The highest BCUT2D eigenvalue weighted by Gasteiger charge is 2.21. The van der Waals surface area contributed by atoms with Gasteiger partial charge < -0.3 is 10.7 Å². The van der Waals surface area contributed by atoms with Crippen molar-refractivity contribution in [1.29, 1.82) is 0 Å². The van der Waals surface area contributed by atoms with E-state index in [-0.39, 0.29) is 11.3 Å². The normalized spacial score (nSPS) is 14.2. The first kappa shape index (κ1) is 14.2. The van der Waals surface area contributed by atoms with Gasteiger partial charge >= 0.3 is 0 Å². The number of aromatic nitrogens is 2. The third-order valence-electron chi connectivity index (χ3n) is 3.58. The summed E-state index contributed by atoms with van der Waals surface area (Å²) in [5.74, 6) is 0. The first-order valence-corrected chi connectivity index (χ1v) is 7.95. The molecule has 0 saturated carbocycles. The van der Waals surface area contributed by atoms with Gasteiger partial charge in [0.15, 0.2) is 5.16 Å². The molecular weight excluding hydrogens is 278 g/mol. The van der Waals surface area contributed by atoms with Crippen LogP contribution in [-0.4, -0.2) is 16.0 Å². The molecule has 2 atom stereocenters. The molecule has 0 amide bonds. The Hall–Kier alpha value is -1.78. The predicted molar refractivity (Wildman–Crippen MR) is 89.5 cm³/mol. The summed E-state index contributed by atoms with van der Waals surface area (Å²) in [6, 6.07) is 16.5. The van der Waals surface area contributed by atoms with Crippen LogP contribution in [-0.2, 0) is 0 Å². The van der Waals surface area contributed by atoms with Crippen molar-refractivity contribution in [3.8, 4) is 0 Å². The Balaban J connectivity index is 1.94. The number of hydrogen-bond donors (Lipinski definition) is 2. The third kappa shape index (κ3) is 2.96. The van der Waals surface area contributed by atoms with Crippen molar-refractivity contribution in [1.82, 2.24) is 9.97 Å². The highest BCUT2D eigenvalue weighted by Crippen LogP contribution is 2.37. The van der Waals surface area contributed by atoms with Gasteiger partial charge in [0, 0.05) is 6.04 Å². The summed E-state index contributed by atoms with van der Waals surface area (Å²) < 4.78 is 0. The summed E-state index contributed by atoms with van der Waals surface area (Å²) >= 11 is 1.70. The molecule has 0 radical (unpaired) electrons. The van der Waals surface area contributed by atoms with E-state index in [4.69, 9.17) is 5.73 Å². The van der Waals surface area contributed by atoms with Crippen LogP contribution in [0, 0.1) is 6.92 Å². The predicted octanol–water partition coefficient (Wildman–Crippen LogP) is 4.05. The fourth-order valence-corrected chi connectivity index (χ4v) is 3.63. The number of aryl methyl sites for hydroxylation is 1. The van der Waals surface area contributed by atoms with E-state index in [2.05, 4.69) is 41.2 Å². The van der Waals surface area contributed by atoms with Gasteiger partial charge in [0.05, 0.1) is 16.3 Å². The topological polar surface area (TPSA) is 54.7 Å². The number of para-hydroxylation sites is 2. The van der Waals surface area contributed by atoms with Gasteiger partial charge in [0.25, 0.3) is 0 Å². The zero-order valence-corrected chi connectivity index (χ0v) is 13.0. The molecule has 1 aromatic heterocycles. The third-order valence-corrected chi connectivity index (χ3v) is 4.93. The van der Waals surface area contributed by atoms with E-state index in [0.717, 1.165) is 16.2 Å². The minimum absolute atomic E-state index is 0.0457. The van der Waals surface area contributed by atoms with Crippen molar-refractivity contribution < 1.29 is 0 Å². The second kappa shape index (κ2) is 5.92. The van der Waals surface area contributed by atoms with E-state index in [1.54, 1.807) is 11.8 Å². The molecule has 3 N–H and O–H groups in total. The van der Waals surface area contributed by atoms with Crippen LogP contribution in [0.3, 0.4) is 0 Å². The van der Waals surface area contributed by atoms with Gasteiger partial charge in [-0.25, -0.2) is 4.98 Å². The van der Waals surface area contributed by atoms with E-state index in [1.807, 2.05) is 31.2 Å². The van der Waals surface area contributed by atoms with Crippen molar-refractivity contribution in [3.63, 3.8) is 0 Å². The second-order valence-corrected chi connectivity index (χ2v) is 6.44. The molecular formula is C17H19N3S. The summed E-state index contributed by atoms with van der Waals surface area (Å²) in [7, 11) is 0. The van der Waals surface area contributed by atoms with Crippen LogP contribution in [0.4, 0.5) is 0 Å². The lowest BCUT2D eigenvalue weighted by atomic mass is 10.0. The quantitative estimate of drug-likeness (QED) is 0.714. The lowest BCUT2D eigenvalue weighted by molar-refractivity contribution is 0.716. The molecule has 0 spiro atoms. The van der Waals surface area contributed by atoms with E-state index in [0.29, 0.717) is 0 Å². The molecule has 0 aliphatic heterocycles. The number of imidazole rings is 1. The Bertz CT molecular complexity index is 715. The first-order valence-electron chi connectivity index (χ1n) is 7.07. The molecule has 0 saturated heterocycles. The average molecular weight is 297 g/mol. The Kier molecular flexibility index (Phi) is 3.99. The van der Waals surface area contributed by atoms with Gasteiger partial charge in [0.1, 0.15) is 0 Å². The van der Waals surface area contributed by atoms with Gasteiger partial charge in [-0.05, 0) is 37.1 Å². The molecule has 0 fully saturated rings. The van der Waals surface area contributed by atoms with E-state index in [1.165, 1.54) is 11.1 Å². The Labute approximate surface area is 129 Å². The monoisotopic (exact) mass is 297 g/mol. The Morgan fingerprint density at radius 2 is 1.81 bits per heavy atom. The smallest absolute Gasteiger partial charge is 0.167 e. The van der Waals surface area contributed by atoms with E-state index < -0.39 is 0 Å². The maximum atomic E-state index is 6.22. The molecule has 1 heterocycles. The molecule has 21 heavy (non-hydrogen) atoms. The molecule has 2 aromatic carbocycles. The van der Waals surface area contributed by atoms with Crippen molar-refractivity contribution in [3.05, 3.63) is 59.7 Å². The number of rotatable bonds is 4. The summed E-state index contributed by atoms with van der Waals surface area (Å²) in [5, 5.41) is 1.11. The first-order chi connectivity index (χ1) is 10.1. The SMILES string of the molecule is Cc1ccccc1C(Sc1nc2ccccc2[nH]1)C(C)N. The molecule has 3 aromatic rings. The van der Waals surface area contributed by atoms with Crippen molar-refractivity contribution in [2.45, 2.75) is 30.3 Å². The van der Waals surface area contributed by atoms with Crippen LogP contribution in [0.1, 0.15) is 23.3 Å². The number of benzene rings is 2. The fraction of sp³-hybridized carbons (Fsp3) is 0.235. The number of thioether (sulfide) groups is 1. The molecule has 108 valence electrons. The maximum absolute atomic E-state index is 6.22. The van der Waals surface area contributed by atoms with Crippen LogP contribution in [0.5, 0.6) is 0 Å². The average Bonchev–Trinajstić information content (AvgIpc) is 2.88. The number of aromatic amines is 1. The van der Waals surface area contributed by atoms with Gasteiger partial charge in [-0.2, -0.15) is 0 Å². The van der Waals surface area contributed by atoms with E-state index in [9.17, 15) is 0 Å². The van der Waals surface area contributed by atoms with Crippen LogP contribution in [0.2, 0.25) is 0 Å². The Morgan fingerprint density at radius 3 is 2.52 bits per heavy atom. The van der Waals surface area contributed by atoms with Crippen LogP contribution in [0.15, 0.2) is 53.7 Å². The van der Waals surface area contributed by atoms with Crippen LogP contribution in [0.25, 0.3) is 11.0 Å². The number of nitrogens with one attached hydrogen (secondary N) is 1. The molecule has 3 nitrogen and oxygen atoms in total. The molecule has 0 bridgehead atoms. The summed E-state index contributed by atoms with van der Waals surface area (Å²) in [6.07, 6.45) is 0. The minimum atomic E-state index is 0.0457. The standard InChI is InChI=1S/C17H19N3S/c1-11-7-3-4-8-13(11)16(12(2)18)21-17-19-14-9-5-6-10-15(14)20-17/h3-10,12,16H,18H2,1-2H3,(H,19,20). The molecule has 4 heteroatoms. The maximum Gasteiger partial charge on any atom is 0.167 e. The van der Waals surface area contributed by atoms with Gasteiger partial charge in [-0.15, -0.1) is 0 Å². The number of fused-ring (bicyclic) bond motifs is 1. The highest BCUT2D eigenvalue weighted by atomic mass is 32.2. The number of nitrogens with two attached hydrogens (primary N) is 1. The zero-order chi connectivity index (χ0) is 14.8. The highest BCUT2D eigenvalue weighted by molar-refractivity contribution is 7.99. The lowest BCUT2D eigenvalue weighted by Crippen LogP contribution is -2.23. The van der Waals surface area contributed by atoms with Crippen LogP contribution >= 0.6 is 11.8 Å². The van der Waals surface area contributed by atoms with E-state index >= 15 is 0 Å². The van der Waals surface area contributed by atoms with Crippen molar-refractivity contribution >= 4 is 22.8 Å². The minimum Gasteiger partial charge on any atom is -0.333 e. The number of H-pyrrole nitrogens is 1. The largest absolute Gasteiger partial charge is 0.333 e. The number of nitrogens with zero attached hydrogens (tertiary/aromatic N) is 1. The lowest BCUT2D eigenvalue weighted by Gasteiger charge is -2.21. The fourth-order valence-electron chi connectivity index (χ4n) is 2.47. The number of hydrogen-bond acceptors (Lipinski definition) is 3. The van der Waals surface area contributed by atoms with Gasteiger partial charge in [0.2, 0.25) is 0 Å². The van der Waals surface area contributed by atoms with Crippen molar-refractivity contribution in [2.75, 3.05) is 0 Å². The molecule has 0 aliphatic carbocycles. The summed E-state index contributed by atoms with van der Waals surface area (Å²) in [6.45, 7) is 4.18. The van der Waals surface area contributed by atoms with Crippen LogP contribution < -0.4 is 5.73 Å². The zero-order valence-electron chi connectivity index (χ0n) is 12.2. The summed E-state index contributed by atoms with van der Waals surface area (Å²) in [4.78, 5) is 8.01.